The zero-order valence-electron chi connectivity index (χ0n) is 12.7. The summed E-state index contributed by atoms with van der Waals surface area (Å²) in [6.07, 6.45) is 1.98. The van der Waals surface area contributed by atoms with E-state index in [0.717, 1.165) is 12.1 Å². The fourth-order valence-corrected chi connectivity index (χ4v) is 2.32. The number of carbonyl (C=O) groups excluding carboxylic acids is 2. The van der Waals surface area contributed by atoms with Gasteiger partial charge in [0.05, 0.1) is 6.42 Å². The lowest BCUT2D eigenvalue weighted by molar-refractivity contribution is -0.114. The Bertz CT molecular complexity index is 817. The van der Waals surface area contributed by atoms with Crippen LogP contribution >= 0.6 is 0 Å². The quantitative estimate of drug-likeness (QED) is 0.538. The molecule has 0 saturated carbocycles. The maximum absolute atomic E-state index is 12.0. The molecule has 0 aliphatic rings. The Kier molecular flexibility index (Phi) is 4.14. The average molecular weight is 308 g/mol. The number of hydrogen-bond donors (Lipinski definition) is 2. The van der Waals surface area contributed by atoms with Crippen LogP contribution in [0.2, 0.25) is 0 Å². The molecule has 0 fully saturated rings. The largest absolute Gasteiger partial charge is 0.362 e. The van der Waals surface area contributed by atoms with Crippen molar-refractivity contribution in [2.45, 2.75) is 19.8 Å². The fraction of sp³-hybridized carbons (Fsp3) is 0.176. The van der Waals surface area contributed by atoms with Crippen LogP contribution in [0.4, 0.5) is 0 Å². The molecular weight excluding hydrogens is 292 g/mol. The summed E-state index contributed by atoms with van der Waals surface area (Å²) in [4.78, 5) is 30.7. The summed E-state index contributed by atoms with van der Waals surface area (Å²) < 4.78 is 0. The second kappa shape index (κ2) is 6.39. The molecule has 23 heavy (non-hydrogen) atoms. The van der Waals surface area contributed by atoms with Gasteiger partial charge in [0.15, 0.2) is 5.82 Å². The maximum Gasteiger partial charge on any atom is 0.265 e. The standard InChI is InChI=1S/C17H16N4O2/c1-11-2-4-12(5-3-11)8-13-6-7-14(20-13)9-15(22)16(23)17-18-10-19-21-17/h2-7,10,20H,8-9H2,1H3,(H,18,19,21). The van der Waals surface area contributed by atoms with Crippen molar-refractivity contribution in [3.63, 3.8) is 0 Å². The molecule has 3 rings (SSSR count). The minimum absolute atomic E-state index is 0.0213. The minimum Gasteiger partial charge on any atom is -0.362 e. The zero-order chi connectivity index (χ0) is 16.2. The van der Waals surface area contributed by atoms with Gasteiger partial charge in [0.25, 0.3) is 5.78 Å². The number of H-pyrrole nitrogens is 2. The van der Waals surface area contributed by atoms with Crippen LogP contribution in [0.1, 0.15) is 33.1 Å². The first kappa shape index (κ1) is 14.9. The summed E-state index contributed by atoms with van der Waals surface area (Å²) >= 11 is 0. The van der Waals surface area contributed by atoms with Crippen molar-refractivity contribution < 1.29 is 9.59 Å². The van der Waals surface area contributed by atoms with Gasteiger partial charge in [-0.25, -0.2) is 4.98 Å². The fourth-order valence-electron chi connectivity index (χ4n) is 2.32. The van der Waals surface area contributed by atoms with Gasteiger partial charge in [-0.15, -0.1) is 0 Å². The van der Waals surface area contributed by atoms with Crippen molar-refractivity contribution in [1.29, 1.82) is 0 Å². The van der Waals surface area contributed by atoms with Gasteiger partial charge >= 0.3 is 0 Å². The molecular formula is C17H16N4O2. The lowest BCUT2D eigenvalue weighted by Crippen LogP contribution is -2.18. The lowest BCUT2D eigenvalue weighted by atomic mass is 10.1. The van der Waals surface area contributed by atoms with E-state index in [9.17, 15) is 9.59 Å². The second-order valence-corrected chi connectivity index (χ2v) is 5.43. The molecule has 1 aromatic carbocycles. The zero-order valence-corrected chi connectivity index (χ0v) is 12.7. The number of aromatic amines is 2. The number of aromatic nitrogens is 4. The van der Waals surface area contributed by atoms with Crippen LogP contribution in [0.25, 0.3) is 0 Å². The summed E-state index contributed by atoms with van der Waals surface area (Å²) in [6, 6.07) is 12.1. The molecule has 3 aromatic rings. The van der Waals surface area contributed by atoms with E-state index in [0.29, 0.717) is 5.69 Å². The topological polar surface area (TPSA) is 91.5 Å². The van der Waals surface area contributed by atoms with Gasteiger partial charge in [-0.05, 0) is 24.6 Å². The van der Waals surface area contributed by atoms with E-state index in [-0.39, 0.29) is 12.2 Å². The Morgan fingerprint density at radius 1 is 1.04 bits per heavy atom. The van der Waals surface area contributed by atoms with Crippen molar-refractivity contribution >= 4 is 11.6 Å². The van der Waals surface area contributed by atoms with Crippen molar-refractivity contribution in [3.8, 4) is 0 Å². The monoisotopic (exact) mass is 308 g/mol. The highest BCUT2D eigenvalue weighted by Crippen LogP contribution is 2.11. The number of benzene rings is 1. The molecule has 0 amide bonds. The molecule has 0 aliphatic carbocycles. The van der Waals surface area contributed by atoms with E-state index in [1.807, 2.05) is 19.1 Å². The van der Waals surface area contributed by atoms with Crippen LogP contribution in [-0.2, 0) is 17.6 Å². The molecule has 116 valence electrons. The van der Waals surface area contributed by atoms with Gasteiger partial charge in [-0.3, -0.25) is 14.7 Å². The summed E-state index contributed by atoms with van der Waals surface area (Å²) in [5.41, 5.74) is 4.12. The highest BCUT2D eigenvalue weighted by molar-refractivity contribution is 6.43. The van der Waals surface area contributed by atoms with E-state index in [1.54, 1.807) is 0 Å². The van der Waals surface area contributed by atoms with Gasteiger partial charge in [-0.1, -0.05) is 29.8 Å². The highest BCUT2D eigenvalue weighted by atomic mass is 16.2. The Balaban J connectivity index is 1.64. The number of ketones is 2. The second-order valence-electron chi connectivity index (χ2n) is 5.43. The number of hydrogen-bond acceptors (Lipinski definition) is 4. The first-order valence-electron chi connectivity index (χ1n) is 7.27. The lowest BCUT2D eigenvalue weighted by Gasteiger charge is -2.00. The van der Waals surface area contributed by atoms with E-state index in [4.69, 9.17) is 0 Å². The Labute approximate surface area is 133 Å². The Morgan fingerprint density at radius 2 is 1.78 bits per heavy atom. The van der Waals surface area contributed by atoms with Crippen LogP contribution in [0.3, 0.4) is 0 Å². The van der Waals surface area contributed by atoms with E-state index < -0.39 is 11.6 Å². The Morgan fingerprint density at radius 3 is 2.48 bits per heavy atom. The average Bonchev–Trinajstić information content (AvgIpc) is 3.21. The number of nitrogens with one attached hydrogen (secondary N) is 2. The normalized spacial score (nSPS) is 10.7. The predicted octanol–water partition coefficient (Wildman–Crippen LogP) is 2.03. The molecule has 2 heterocycles. The number of Topliss-reactive ketones (excluding diaryl/α,β-unsaturated/α-hetero) is 2. The number of carbonyl (C=O) groups is 2. The van der Waals surface area contributed by atoms with Crippen molar-refractivity contribution in [2.24, 2.45) is 0 Å². The van der Waals surface area contributed by atoms with Gasteiger partial charge in [0, 0.05) is 17.8 Å². The third-order valence-corrected chi connectivity index (χ3v) is 3.56. The summed E-state index contributed by atoms with van der Waals surface area (Å²) in [6.45, 7) is 2.05. The molecule has 6 nitrogen and oxygen atoms in total. The van der Waals surface area contributed by atoms with Crippen molar-refractivity contribution in [2.75, 3.05) is 0 Å². The van der Waals surface area contributed by atoms with Crippen molar-refractivity contribution in [1.82, 2.24) is 20.2 Å². The number of aryl methyl sites for hydroxylation is 1. The van der Waals surface area contributed by atoms with Crippen LogP contribution < -0.4 is 0 Å². The molecule has 0 unspecified atom stereocenters. The van der Waals surface area contributed by atoms with Crippen LogP contribution in [0.5, 0.6) is 0 Å². The molecule has 0 saturated heterocycles. The number of rotatable bonds is 6. The predicted molar refractivity (Wildman–Crippen MR) is 84.2 cm³/mol. The third-order valence-electron chi connectivity index (χ3n) is 3.56. The molecule has 0 atom stereocenters. The molecule has 0 aliphatic heterocycles. The van der Waals surface area contributed by atoms with E-state index >= 15 is 0 Å². The number of nitrogens with zero attached hydrogens (tertiary/aromatic N) is 2. The molecule has 0 bridgehead atoms. The van der Waals surface area contributed by atoms with E-state index in [1.165, 1.54) is 17.5 Å². The van der Waals surface area contributed by atoms with Gasteiger partial charge in [-0.2, -0.15) is 5.10 Å². The summed E-state index contributed by atoms with van der Waals surface area (Å²) in [5, 5.41) is 5.98. The van der Waals surface area contributed by atoms with Gasteiger partial charge < -0.3 is 4.98 Å². The molecule has 2 N–H and O–H groups in total. The molecule has 0 spiro atoms. The van der Waals surface area contributed by atoms with Gasteiger partial charge in [0.2, 0.25) is 5.78 Å². The SMILES string of the molecule is Cc1ccc(Cc2ccc(CC(=O)C(=O)c3ncn[nH]3)[nH]2)cc1. The minimum atomic E-state index is -0.655. The van der Waals surface area contributed by atoms with Crippen molar-refractivity contribution in [3.05, 3.63) is 71.1 Å². The van der Waals surface area contributed by atoms with Gasteiger partial charge in [0.1, 0.15) is 6.33 Å². The highest BCUT2D eigenvalue weighted by Gasteiger charge is 2.19. The summed E-state index contributed by atoms with van der Waals surface area (Å²) in [5.74, 6) is -1.20. The molecule has 2 aromatic heterocycles. The smallest absolute Gasteiger partial charge is 0.265 e. The third kappa shape index (κ3) is 3.60. The van der Waals surface area contributed by atoms with Crippen LogP contribution in [-0.4, -0.2) is 31.7 Å². The Hall–Kier alpha value is -3.02. The maximum atomic E-state index is 12.0. The van der Waals surface area contributed by atoms with Crippen LogP contribution in [0, 0.1) is 6.92 Å². The first-order valence-corrected chi connectivity index (χ1v) is 7.27. The summed E-state index contributed by atoms with van der Waals surface area (Å²) in [7, 11) is 0. The van der Waals surface area contributed by atoms with Crippen LogP contribution in [0.15, 0.2) is 42.7 Å². The first-order chi connectivity index (χ1) is 11.1. The van der Waals surface area contributed by atoms with E-state index in [2.05, 4.69) is 44.4 Å². The molecule has 0 radical (unpaired) electrons. The molecule has 6 heteroatoms.